The molecule has 0 amide bonds. The molecule has 0 aliphatic heterocycles. The third-order valence-corrected chi connectivity index (χ3v) is 4.77. The standard InChI is InChI=1S/C16H15FN4O2S/c1-12(17)13-5-7-14(8-6-13)24(22,23)20-16-9-11-19-21(16)15-4-2-3-10-18-15/h2-12,20H,1H3. The van der Waals surface area contributed by atoms with Crippen LogP contribution < -0.4 is 4.72 Å². The Morgan fingerprint density at radius 1 is 1.08 bits per heavy atom. The number of hydrogen-bond donors (Lipinski definition) is 1. The van der Waals surface area contributed by atoms with Gasteiger partial charge in [0.25, 0.3) is 10.0 Å². The van der Waals surface area contributed by atoms with E-state index in [0.717, 1.165) is 0 Å². The first-order chi connectivity index (χ1) is 11.5. The van der Waals surface area contributed by atoms with E-state index >= 15 is 0 Å². The van der Waals surface area contributed by atoms with Gasteiger partial charge in [-0.1, -0.05) is 18.2 Å². The van der Waals surface area contributed by atoms with Crippen molar-refractivity contribution in [2.45, 2.75) is 18.0 Å². The van der Waals surface area contributed by atoms with E-state index in [1.807, 2.05) is 0 Å². The van der Waals surface area contributed by atoms with Crippen LogP contribution in [0, 0.1) is 0 Å². The number of alkyl halides is 1. The van der Waals surface area contributed by atoms with E-state index < -0.39 is 16.2 Å². The van der Waals surface area contributed by atoms with Crippen molar-refractivity contribution >= 4 is 15.8 Å². The fourth-order valence-corrected chi connectivity index (χ4v) is 3.19. The van der Waals surface area contributed by atoms with Crippen molar-refractivity contribution in [3.63, 3.8) is 0 Å². The second-order valence-corrected chi connectivity index (χ2v) is 6.79. The zero-order valence-corrected chi connectivity index (χ0v) is 13.6. The van der Waals surface area contributed by atoms with E-state index in [-0.39, 0.29) is 10.7 Å². The number of aromatic nitrogens is 3. The molecule has 6 nitrogen and oxygen atoms in total. The highest BCUT2D eigenvalue weighted by molar-refractivity contribution is 7.92. The van der Waals surface area contributed by atoms with E-state index in [9.17, 15) is 12.8 Å². The summed E-state index contributed by atoms with van der Waals surface area (Å²) in [7, 11) is -3.82. The number of halogens is 1. The molecular formula is C16H15FN4O2S. The van der Waals surface area contributed by atoms with Crippen molar-refractivity contribution in [1.82, 2.24) is 14.8 Å². The number of anilines is 1. The van der Waals surface area contributed by atoms with Gasteiger partial charge >= 0.3 is 0 Å². The van der Waals surface area contributed by atoms with Gasteiger partial charge in [-0.2, -0.15) is 9.78 Å². The molecule has 0 spiro atoms. The predicted molar refractivity (Wildman–Crippen MR) is 88.1 cm³/mol. The van der Waals surface area contributed by atoms with Crippen molar-refractivity contribution in [2.24, 2.45) is 0 Å². The molecule has 1 aromatic carbocycles. The molecule has 1 N–H and O–H groups in total. The van der Waals surface area contributed by atoms with Crippen LogP contribution in [0.25, 0.3) is 5.82 Å². The molecule has 0 saturated heterocycles. The van der Waals surface area contributed by atoms with Gasteiger partial charge in [0.15, 0.2) is 5.82 Å². The van der Waals surface area contributed by atoms with Gasteiger partial charge < -0.3 is 0 Å². The Hall–Kier alpha value is -2.74. The van der Waals surface area contributed by atoms with E-state index in [0.29, 0.717) is 11.4 Å². The minimum atomic E-state index is -3.82. The molecular weight excluding hydrogens is 331 g/mol. The summed E-state index contributed by atoms with van der Waals surface area (Å²) < 4.78 is 42.1. The molecule has 0 radical (unpaired) electrons. The predicted octanol–water partition coefficient (Wildman–Crippen LogP) is 3.10. The van der Waals surface area contributed by atoms with Crippen LogP contribution >= 0.6 is 0 Å². The Kier molecular flexibility index (Phi) is 4.30. The number of benzene rings is 1. The van der Waals surface area contributed by atoms with Crippen LogP contribution in [0.2, 0.25) is 0 Å². The first-order valence-corrected chi connectivity index (χ1v) is 8.68. The number of sulfonamides is 1. The Morgan fingerprint density at radius 3 is 2.46 bits per heavy atom. The summed E-state index contributed by atoms with van der Waals surface area (Å²) in [5, 5.41) is 4.08. The smallest absolute Gasteiger partial charge is 0.263 e. The monoisotopic (exact) mass is 346 g/mol. The quantitative estimate of drug-likeness (QED) is 0.770. The topological polar surface area (TPSA) is 76.9 Å². The molecule has 1 atom stereocenters. The minimum absolute atomic E-state index is 0.0423. The van der Waals surface area contributed by atoms with Crippen molar-refractivity contribution in [2.75, 3.05) is 4.72 Å². The van der Waals surface area contributed by atoms with Gasteiger partial charge in [-0.15, -0.1) is 0 Å². The van der Waals surface area contributed by atoms with Gasteiger partial charge in [0.05, 0.1) is 11.1 Å². The van der Waals surface area contributed by atoms with Crippen molar-refractivity contribution < 1.29 is 12.8 Å². The summed E-state index contributed by atoms with van der Waals surface area (Å²) in [5.74, 6) is 0.749. The van der Waals surface area contributed by atoms with Crippen LogP contribution in [0.15, 0.2) is 65.8 Å². The first-order valence-electron chi connectivity index (χ1n) is 7.20. The molecule has 2 heterocycles. The van der Waals surface area contributed by atoms with E-state index in [1.54, 1.807) is 24.4 Å². The zero-order valence-electron chi connectivity index (χ0n) is 12.8. The van der Waals surface area contributed by atoms with Gasteiger partial charge in [0.2, 0.25) is 0 Å². The Balaban J connectivity index is 1.90. The van der Waals surface area contributed by atoms with Crippen molar-refractivity contribution in [3.05, 3.63) is 66.5 Å². The molecule has 2 aromatic heterocycles. The third-order valence-electron chi connectivity index (χ3n) is 3.40. The SMILES string of the molecule is CC(F)c1ccc(S(=O)(=O)Nc2ccnn2-c2ccccn2)cc1. The molecule has 3 aromatic rings. The molecule has 24 heavy (non-hydrogen) atoms. The van der Waals surface area contributed by atoms with E-state index in [4.69, 9.17) is 0 Å². The summed E-state index contributed by atoms with van der Waals surface area (Å²) in [6.45, 7) is 1.40. The van der Waals surface area contributed by atoms with E-state index in [2.05, 4.69) is 14.8 Å². The molecule has 8 heteroatoms. The second kappa shape index (κ2) is 6.40. The largest absolute Gasteiger partial charge is 0.263 e. The summed E-state index contributed by atoms with van der Waals surface area (Å²) in [5.41, 5.74) is 0.424. The van der Waals surface area contributed by atoms with Crippen LogP contribution in [0.5, 0.6) is 0 Å². The summed E-state index contributed by atoms with van der Waals surface area (Å²) >= 11 is 0. The lowest BCUT2D eigenvalue weighted by Gasteiger charge is -2.10. The zero-order chi connectivity index (χ0) is 17.2. The fourth-order valence-electron chi connectivity index (χ4n) is 2.15. The molecule has 0 saturated carbocycles. The average Bonchev–Trinajstić information content (AvgIpc) is 3.03. The highest BCUT2D eigenvalue weighted by Crippen LogP contribution is 2.21. The summed E-state index contributed by atoms with van der Waals surface area (Å²) in [6.07, 6.45) is 1.91. The molecule has 0 aliphatic rings. The Morgan fingerprint density at radius 2 is 1.83 bits per heavy atom. The van der Waals surface area contributed by atoms with Crippen LogP contribution in [0.4, 0.5) is 10.2 Å². The van der Waals surface area contributed by atoms with Crippen LogP contribution in [0.1, 0.15) is 18.7 Å². The molecule has 124 valence electrons. The van der Waals surface area contributed by atoms with Crippen LogP contribution in [-0.2, 0) is 10.0 Å². The Bertz CT molecular complexity index is 922. The lowest BCUT2D eigenvalue weighted by Crippen LogP contribution is -2.16. The first kappa shape index (κ1) is 16.1. The minimum Gasteiger partial charge on any atom is -0.263 e. The number of rotatable bonds is 5. The van der Waals surface area contributed by atoms with Gasteiger partial charge in [0.1, 0.15) is 12.0 Å². The average molecular weight is 346 g/mol. The highest BCUT2D eigenvalue weighted by atomic mass is 32.2. The molecule has 0 bridgehead atoms. The van der Waals surface area contributed by atoms with E-state index in [1.165, 1.54) is 48.1 Å². The number of nitrogens with zero attached hydrogens (tertiary/aromatic N) is 3. The van der Waals surface area contributed by atoms with Gasteiger partial charge in [0, 0.05) is 12.3 Å². The molecule has 3 rings (SSSR count). The Labute approximate surface area is 139 Å². The number of nitrogens with one attached hydrogen (secondary N) is 1. The van der Waals surface area contributed by atoms with Crippen molar-refractivity contribution in [1.29, 1.82) is 0 Å². The maximum atomic E-state index is 13.2. The molecule has 1 unspecified atom stereocenters. The normalized spacial score (nSPS) is 12.8. The maximum Gasteiger partial charge on any atom is 0.263 e. The summed E-state index contributed by atoms with van der Waals surface area (Å²) in [6, 6.07) is 12.4. The van der Waals surface area contributed by atoms with Gasteiger partial charge in [-0.05, 0) is 36.8 Å². The third kappa shape index (κ3) is 3.28. The fraction of sp³-hybridized carbons (Fsp3) is 0.125. The lowest BCUT2D eigenvalue weighted by atomic mass is 10.1. The van der Waals surface area contributed by atoms with Crippen molar-refractivity contribution in [3.8, 4) is 5.82 Å². The van der Waals surface area contributed by atoms with Crippen LogP contribution in [0.3, 0.4) is 0 Å². The second-order valence-electron chi connectivity index (χ2n) is 5.11. The summed E-state index contributed by atoms with van der Waals surface area (Å²) in [4.78, 5) is 4.18. The molecule has 0 fully saturated rings. The lowest BCUT2D eigenvalue weighted by molar-refractivity contribution is 0.374. The highest BCUT2D eigenvalue weighted by Gasteiger charge is 2.18. The number of pyridine rings is 1. The maximum absolute atomic E-state index is 13.2. The molecule has 0 aliphatic carbocycles. The van der Waals surface area contributed by atoms with Crippen LogP contribution in [-0.4, -0.2) is 23.2 Å². The van der Waals surface area contributed by atoms with Gasteiger partial charge in [-0.25, -0.2) is 17.8 Å². The van der Waals surface area contributed by atoms with Gasteiger partial charge in [-0.3, -0.25) is 4.72 Å². The number of hydrogen-bond acceptors (Lipinski definition) is 4.